The number of aryl methyl sites for hydroxylation is 2. The van der Waals surface area contributed by atoms with Gasteiger partial charge in [0.2, 0.25) is 0 Å². The Morgan fingerprint density at radius 1 is 1.25 bits per heavy atom. The van der Waals surface area contributed by atoms with Crippen molar-refractivity contribution in [1.82, 2.24) is 19.9 Å². The number of carbonyl (C=O) groups excluding carboxylic acids is 1. The van der Waals surface area contributed by atoms with Crippen LogP contribution in [0.1, 0.15) is 31.8 Å². The van der Waals surface area contributed by atoms with Crippen molar-refractivity contribution >= 4 is 51.7 Å². The minimum absolute atomic E-state index is 0.185. The van der Waals surface area contributed by atoms with Crippen molar-refractivity contribution in [1.29, 1.82) is 0 Å². The van der Waals surface area contributed by atoms with Crippen molar-refractivity contribution in [3.05, 3.63) is 48.9 Å². The maximum Gasteiger partial charge on any atom is 0.267 e. The quantitative estimate of drug-likeness (QED) is 0.523. The van der Waals surface area contributed by atoms with Crippen LogP contribution in [0.15, 0.2) is 17.6 Å². The molecule has 0 saturated carbocycles. The molecule has 0 atom stereocenters. The number of hydrogen-bond donors (Lipinski definition) is 2. The molecule has 32 heavy (non-hydrogen) atoms. The average molecular weight is 493 g/mol. The maximum atomic E-state index is 12.6. The maximum absolute atomic E-state index is 12.6. The molecule has 170 valence electrons. The Kier molecular flexibility index (Phi) is 7.37. The zero-order chi connectivity index (χ0) is 22.7. The van der Waals surface area contributed by atoms with Crippen LogP contribution in [0, 0.1) is 13.8 Å². The fraction of sp³-hybridized carbons (Fsp3) is 0.429. The molecule has 2 N–H and O–H groups in total. The molecule has 4 heterocycles. The third kappa shape index (κ3) is 5.44. The first-order chi connectivity index (χ1) is 15.4. The Bertz CT molecular complexity index is 1070. The van der Waals surface area contributed by atoms with Crippen molar-refractivity contribution in [3.63, 3.8) is 0 Å². The van der Waals surface area contributed by atoms with E-state index in [1.54, 1.807) is 6.20 Å². The number of nitrogens with zero attached hydrogens (tertiary/aromatic N) is 5. The highest BCUT2D eigenvalue weighted by Gasteiger charge is 2.19. The van der Waals surface area contributed by atoms with Crippen LogP contribution in [-0.4, -0.2) is 70.2 Å². The van der Waals surface area contributed by atoms with Gasteiger partial charge in [-0.05, 0) is 24.8 Å². The van der Waals surface area contributed by atoms with E-state index >= 15 is 0 Å². The van der Waals surface area contributed by atoms with Gasteiger partial charge in [-0.3, -0.25) is 9.69 Å². The number of rotatable bonds is 7. The van der Waals surface area contributed by atoms with Gasteiger partial charge in [0.1, 0.15) is 20.9 Å². The summed E-state index contributed by atoms with van der Waals surface area (Å²) in [5.41, 5.74) is 2.48. The van der Waals surface area contributed by atoms with Crippen LogP contribution in [-0.2, 0) is 6.42 Å². The highest BCUT2D eigenvalue weighted by atomic mass is 35.5. The molecule has 0 aromatic carbocycles. The summed E-state index contributed by atoms with van der Waals surface area (Å²) in [7, 11) is 0. The fourth-order valence-corrected chi connectivity index (χ4v) is 5.48. The molecule has 3 aromatic rings. The van der Waals surface area contributed by atoms with E-state index in [2.05, 4.69) is 30.1 Å². The number of piperazine rings is 1. The second kappa shape index (κ2) is 10.2. The van der Waals surface area contributed by atoms with E-state index in [1.165, 1.54) is 22.7 Å². The lowest BCUT2D eigenvalue weighted by Gasteiger charge is -2.35. The molecule has 3 aromatic heterocycles. The number of halogens is 1. The molecule has 1 fully saturated rings. The first-order valence-electron chi connectivity index (χ1n) is 10.4. The molecule has 11 heteroatoms. The van der Waals surface area contributed by atoms with Crippen LogP contribution in [0.3, 0.4) is 0 Å². The summed E-state index contributed by atoms with van der Waals surface area (Å²) < 4.78 is 0.571. The average Bonchev–Trinajstić information content (AvgIpc) is 3.36. The second-order valence-corrected chi connectivity index (χ2v) is 10.2. The summed E-state index contributed by atoms with van der Waals surface area (Å²) in [6.45, 7) is 8.23. The van der Waals surface area contributed by atoms with Gasteiger partial charge in [0.25, 0.3) is 5.91 Å². The molecule has 1 amide bonds. The third-order valence-electron chi connectivity index (χ3n) is 5.27. The van der Waals surface area contributed by atoms with Crippen LogP contribution < -0.4 is 10.2 Å². The van der Waals surface area contributed by atoms with E-state index in [9.17, 15) is 4.79 Å². The number of nitrogens with one attached hydrogen (secondary N) is 1. The van der Waals surface area contributed by atoms with Gasteiger partial charge in [0.05, 0.1) is 29.2 Å². The van der Waals surface area contributed by atoms with Gasteiger partial charge in [0, 0.05) is 45.2 Å². The molecule has 1 aliphatic rings. The Balaban J connectivity index is 1.42. The monoisotopic (exact) mass is 492 g/mol. The number of hydrogen-bond acceptors (Lipinski definition) is 9. The van der Waals surface area contributed by atoms with Crippen LogP contribution in [0.5, 0.6) is 0 Å². The molecule has 0 bridgehead atoms. The highest BCUT2D eigenvalue weighted by molar-refractivity contribution is 7.15. The Hall–Kier alpha value is -2.11. The first kappa shape index (κ1) is 23.1. The van der Waals surface area contributed by atoms with Gasteiger partial charge >= 0.3 is 0 Å². The zero-order valence-electron chi connectivity index (χ0n) is 18.0. The van der Waals surface area contributed by atoms with Crippen LogP contribution in [0.2, 0.25) is 4.34 Å². The number of amides is 1. The Labute approximate surface area is 199 Å². The molecular formula is C21H25ClN6O2S2. The predicted molar refractivity (Wildman–Crippen MR) is 129 cm³/mol. The number of carbonyl (C=O) groups is 1. The van der Waals surface area contributed by atoms with E-state index in [0.717, 1.165) is 48.3 Å². The van der Waals surface area contributed by atoms with Crippen LogP contribution >= 0.6 is 34.3 Å². The molecule has 0 radical (unpaired) electrons. The number of β-amino-alcohol motifs (C(OH)–C–C–N with tert-alkyl or cyclic N) is 1. The lowest BCUT2D eigenvalue weighted by Crippen LogP contribution is -2.47. The minimum Gasteiger partial charge on any atom is -0.395 e. The lowest BCUT2D eigenvalue weighted by molar-refractivity contribution is 0.103. The van der Waals surface area contributed by atoms with E-state index in [-0.39, 0.29) is 12.5 Å². The third-order valence-corrected chi connectivity index (χ3v) is 7.60. The number of thiophene rings is 1. The zero-order valence-corrected chi connectivity index (χ0v) is 20.4. The number of thiazole rings is 1. The summed E-state index contributed by atoms with van der Waals surface area (Å²) in [5.74, 6) is 1.41. The molecule has 1 aliphatic heterocycles. The summed E-state index contributed by atoms with van der Waals surface area (Å²) in [6, 6.07) is 2.00. The smallest absolute Gasteiger partial charge is 0.267 e. The SMILES string of the molecule is Cc1nc(Cc2ncc(C(=O)Nc3c(C)csc3Cl)s2)cc(N2CCN(CCO)CC2)n1. The summed E-state index contributed by atoms with van der Waals surface area (Å²) in [5, 5.41) is 14.7. The molecule has 0 spiro atoms. The minimum atomic E-state index is -0.211. The molecule has 1 saturated heterocycles. The highest BCUT2D eigenvalue weighted by Crippen LogP contribution is 2.33. The van der Waals surface area contributed by atoms with Crippen LogP contribution in [0.4, 0.5) is 11.5 Å². The largest absolute Gasteiger partial charge is 0.395 e. The fourth-order valence-electron chi connectivity index (χ4n) is 3.59. The normalized spacial score (nSPS) is 14.7. The van der Waals surface area contributed by atoms with Crippen molar-refractivity contribution < 1.29 is 9.90 Å². The number of aromatic nitrogens is 3. The van der Waals surface area contributed by atoms with Crippen LogP contribution in [0.25, 0.3) is 0 Å². The Morgan fingerprint density at radius 2 is 2.03 bits per heavy atom. The second-order valence-electron chi connectivity index (χ2n) is 7.63. The van der Waals surface area contributed by atoms with Gasteiger partial charge in [0.15, 0.2) is 0 Å². The molecule has 8 nitrogen and oxygen atoms in total. The van der Waals surface area contributed by atoms with E-state index in [1.807, 2.05) is 25.3 Å². The van der Waals surface area contributed by atoms with Crippen molar-refractivity contribution in [2.75, 3.05) is 49.5 Å². The van der Waals surface area contributed by atoms with Crippen molar-refractivity contribution in [3.8, 4) is 0 Å². The standard InChI is InChI=1S/C21H25ClN6O2S2/c1-13-12-31-20(22)19(13)26-21(30)16-11-23-18(32-16)10-15-9-17(25-14(2)24-15)28-5-3-27(4-6-28)7-8-29/h9,11-12,29H,3-8,10H2,1-2H3,(H,26,30). The van der Waals surface area contributed by atoms with E-state index in [4.69, 9.17) is 16.7 Å². The topological polar surface area (TPSA) is 94.5 Å². The number of aliphatic hydroxyl groups is 1. The number of aliphatic hydroxyl groups excluding tert-OH is 1. The number of anilines is 2. The molecule has 0 aliphatic carbocycles. The van der Waals surface area contributed by atoms with Gasteiger partial charge in [-0.2, -0.15) is 0 Å². The molecular weight excluding hydrogens is 468 g/mol. The molecule has 0 unspecified atom stereocenters. The van der Waals surface area contributed by atoms with E-state index < -0.39 is 0 Å². The lowest BCUT2D eigenvalue weighted by atomic mass is 10.2. The summed E-state index contributed by atoms with van der Waals surface area (Å²) >= 11 is 8.92. The van der Waals surface area contributed by atoms with E-state index in [0.29, 0.717) is 33.7 Å². The predicted octanol–water partition coefficient (Wildman–Crippen LogP) is 3.22. The Morgan fingerprint density at radius 3 is 2.72 bits per heavy atom. The van der Waals surface area contributed by atoms with Gasteiger partial charge in [-0.1, -0.05) is 11.6 Å². The van der Waals surface area contributed by atoms with Gasteiger partial charge < -0.3 is 15.3 Å². The first-order valence-corrected chi connectivity index (χ1v) is 12.4. The van der Waals surface area contributed by atoms with Gasteiger partial charge in [-0.15, -0.1) is 22.7 Å². The van der Waals surface area contributed by atoms with Gasteiger partial charge in [-0.25, -0.2) is 15.0 Å². The van der Waals surface area contributed by atoms with Crippen molar-refractivity contribution in [2.45, 2.75) is 20.3 Å². The summed E-state index contributed by atoms with van der Waals surface area (Å²) in [4.78, 5) is 31.3. The summed E-state index contributed by atoms with van der Waals surface area (Å²) in [6.07, 6.45) is 2.14. The van der Waals surface area contributed by atoms with Crippen molar-refractivity contribution in [2.24, 2.45) is 0 Å². The molecule has 4 rings (SSSR count).